The summed E-state index contributed by atoms with van der Waals surface area (Å²) in [5.74, 6) is -0.707. The molecule has 0 aliphatic carbocycles. The third-order valence-electron chi connectivity index (χ3n) is 15.9. The molecule has 454 valence electrons. The van der Waals surface area contributed by atoms with Crippen LogP contribution in [0.2, 0.25) is 0 Å². The zero-order valence-electron chi connectivity index (χ0n) is 50.0. The molecule has 11 heteroatoms. The van der Waals surface area contributed by atoms with Gasteiger partial charge < -0.3 is 50.5 Å². The number of aliphatic hydroxyl groups is 7. The van der Waals surface area contributed by atoms with Gasteiger partial charge in [0.25, 0.3) is 0 Å². The average Bonchev–Trinajstić information content (AvgIpc) is 3.43. The van der Waals surface area contributed by atoms with Gasteiger partial charge in [0.15, 0.2) is 6.29 Å². The Morgan fingerprint density at radius 2 is 0.779 bits per heavy atom. The van der Waals surface area contributed by atoms with Gasteiger partial charge in [-0.3, -0.25) is 4.79 Å². The third-order valence-corrected chi connectivity index (χ3v) is 15.9. The van der Waals surface area contributed by atoms with E-state index in [4.69, 9.17) is 9.47 Å². The molecule has 1 fully saturated rings. The first-order valence-electron chi connectivity index (χ1n) is 32.9. The van der Waals surface area contributed by atoms with Gasteiger partial charge in [-0.2, -0.15) is 0 Å². The molecule has 1 heterocycles. The molecule has 0 aromatic carbocycles. The number of carbonyl (C=O) groups excluding carboxylic acids is 1. The van der Waals surface area contributed by atoms with E-state index in [9.17, 15) is 40.5 Å². The summed E-state index contributed by atoms with van der Waals surface area (Å²) >= 11 is 0. The van der Waals surface area contributed by atoms with E-state index >= 15 is 0 Å². The van der Waals surface area contributed by atoms with Crippen molar-refractivity contribution in [1.82, 2.24) is 5.32 Å². The third kappa shape index (κ3) is 42.8. The Balaban J connectivity index is 2.23. The Hall–Kier alpha value is -1.67. The molecule has 0 spiro atoms. The zero-order valence-corrected chi connectivity index (χ0v) is 50.0. The fourth-order valence-corrected chi connectivity index (χ4v) is 10.6. The first kappa shape index (κ1) is 73.3. The number of rotatable bonds is 57. The lowest BCUT2D eigenvalue weighted by Gasteiger charge is -2.40. The highest BCUT2D eigenvalue weighted by molar-refractivity contribution is 5.80. The second-order valence-electron chi connectivity index (χ2n) is 23.2. The second kappa shape index (κ2) is 54.9. The van der Waals surface area contributed by atoms with E-state index in [1.165, 1.54) is 218 Å². The van der Waals surface area contributed by atoms with Crippen molar-refractivity contribution in [3.8, 4) is 0 Å². The van der Waals surface area contributed by atoms with Crippen molar-refractivity contribution >= 4 is 5.91 Å². The van der Waals surface area contributed by atoms with Crippen LogP contribution in [0.5, 0.6) is 0 Å². The fraction of sp³-hybridized carbons (Fsp3) is 0.894. The van der Waals surface area contributed by atoms with Gasteiger partial charge in [0.2, 0.25) is 5.91 Å². The molecule has 1 aliphatic rings. The monoisotopic (exact) mass is 1090 g/mol. The van der Waals surface area contributed by atoms with E-state index in [2.05, 4.69) is 55.6 Å². The molecule has 1 aliphatic heterocycles. The maximum atomic E-state index is 13.2. The predicted molar refractivity (Wildman–Crippen MR) is 321 cm³/mol. The summed E-state index contributed by atoms with van der Waals surface area (Å²) in [7, 11) is 0. The summed E-state index contributed by atoms with van der Waals surface area (Å²) in [5.41, 5.74) is 0. The van der Waals surface area contributed by atoms with E-state index in [1.54, 1.807) is 0 Å². The molecular weight excluding hydrogens is 967 g/mol. The predicted octanol–water partition coefficient (Wildman–Crippen LogP) is 15.0. The normalized spacial score (nSPS) is 19.7. The van der Waals surface area contributed by atoms with Crippen LogP contribution < -0.4 is 5.32 Å². The minimum absolute atomic E-state index is 0.243. The topological polar surface area (TPSA) is 189 Å². The molecule has 11 nitrogen and oxygen atoms in total. The first-order valence-corrected chi connectivity index (χ1v) is 32.9. The number of ether oxygens (including phenoxy) is 2. The van der Waals surface area contributed by atoms with E-state index in [1.807, 2.05) is 0 Å². The number of amides is 1. The van der Waals surface area contributed by atoms with Gasteiger partial charge in [0.05, 0.1) is 25.4 Å². The quantitative estimate of drug-likeness (QED) is 0.0215. The van der Waals surface area contributed by atoms with Crippen LogP contribution in [0.25, 0.3) is 0 Å². The largest absolute Gasteiger partial charge is 0.394 e. The summed E-state index contributed by atoms with van der Waals surface area (Å²) < 4.78 is 11.2. The molecule has 0 radical (unpaired) electrons. The number of nitrogens with one attached hydrogen (secondary N) is 1. The highest BCUT2D eigenvalue weighted by Gasteiger charge is 2.44. The van der Waals surface area contributed by atoms with E-state index in [0.29, 0.717) is 19.3 Å². The molecule has 0 saturated carbocycles. The standard InChI is InChI=1S/C66H125NO10/c1-3-5-7-9-11-13-15-17-19-21-23-25-26-27-28-29-30-31-32-33-34-36-38-40-42-44-46-48-50-52-54-59(70)65(75)67-57(56-76-66-64(74)63(73)62(72)60(55-68)77-66)61(71)58(69)53-51-49-47-45-43-41-39-37-35-24-22-20-18-16-14-12-10-8-6-4-2/h20,22,37,39,45,47,57-64,66,68-74H,3-19,21,23-36,38,40-44,46,48-56H2,1-2H3,(H,67,75)/b22-20+,39-37+,47-45+. The molecule has 0 aromatic rings. The lowest BCUT2D eigenvalue weighted by molar-refractivity contribution is -0.303. The molecule has 0 aromatic heterocycles. The van der Waals surface area contributed by atoms with Gasteiger partial charge in [-0.15, -0.1) is 0 Å². The number of unbranched alkanes of at least 4 members (excludes halogenated alkanes) is 39. The summed E-state index contributed by atoms with van der Waals surface area (Å²) in [5, 5.41) is 76.3. The summed E-state index contributed by atoms with van der Waals surface area (Å²) in [6, 6.07) is -1.19. The first-order chi connectivity index (χ1) is 37.7. The van der Waals surface area contributed by atoms with Crippen LogP contribution in [-0.2, 0) is 14.3 Å². The Morgan fingerprint density at radius 3 is 1.16 bits per heavy atom. The number of hydrogen-bond donors (Lipinski definition) is 8. The lowest BCUT2D eigenvalue weighted by atomic mass is 9.98. The van der Waals surface area contributed by atoms with E-state index in [-0.39, 0.29) is 12.8 Å². The summed E-state index contributed by atoms with van der Waals surface area (Å²) in [6.07, 6.45) is 57.9. The second-order valence-corrected chi connectivity index (χ2v) is 23.2. The van der Waals surface area contributed by atoms with Gasteiger partial charge in [-0.25, -0.2) is 0 Å². The van der Waals surface area contributed by atoms with Gasteiger partial charge >= 0.3 is 0 Å². The smallest absolute Gasteiger partial charge is 0.249 e. The van der Waals surface area contributed by atoms with Crippen LogP contribution in [0.15, 0.2) is 36.5 Å². The van der Waals surface area contributed by atoms with Crippen molar-refractivity contribution in [2.24, 2.45) is 0 Å². The van der Waals surface area contributed by atoms with Crippen molar-refractivity contribution in [2.45, 2.75) is 364 Å². The Morgan fingerprint density at radius 1 is 0.442 bits per heavy atom. The summed E-state index contributed by atoms with van der Waals surface area (Å²) in [6.45, 7) is 3.47. The minimum atomic E-state index is -1.67. The van der Waals surface area contributed by atoms with Gasteiger partial charge in [0.1, 0.15) is 36.6 Å². The molecule has 1 rings (SSSR count). The maximum Gasteiger partial charge on any atom is 0.249 e. The lowest BCUT2D eigenvalue weighted by Crippen LogP contribution is -2.60. The number of hydrogen-bond acceptors (Lipinski definition) is 10. The molecule has 1 saturated heterocycles. The Bertz CT molecular complexity index is 1350. The highest BCUT2D eigenvalue weighted by Crippen LogP contribution is 2.24. The van der Waals surface area contributed by atoms with E-state index in [0.717, 1.165) is 44.9 Å². The molecule has 0 bridgehead atoms. The van der Waals surface area contributed by atoms with Crippen molar-refractivity contribution in [1.29, 1.82) is 0 Å². The number of carbonyl (C=O) groups is 1. The van der Waals surface area contributed by atoms with Crippen molar-refractivity contribution in [3.63, 3.8) is 0 Å². The van der Waals surface area contributed by atoms with Crippen LogP contribution in [0.1, 0.15) is 309 Å². The molecule has 8 N–H and O–H groups in total. The molecule has 1 amide bonds. The number of allylic oxidation sites excluding steroid dienone is 6. The van der Waals surface area contributed by atoms with Gasteiger partial charge in [-0.1, -0.05) is 281 Å². The van der Waals surface area contributed by atoms with Gasteiger partial charge in [-0.05, 0) is 64.2 Å². The number of aliphatic hydroxyl groups excluding tert-OH is 7. The molecule has 9 atom stereocenters. The van der Waals surface area contributed by atoms with Crippen molar-refractivity contribution in [2.75, 3.05) is 13.2 Å². The van der Waals surface area contributed by atoms with Crippen LogP contribution in [0.4, 0.5) is 0 Å². The van der Waals surface area contributed by atoms with Crippen LogP contribution >= 0.6 is 0 Å². The highest BCUT2D eigenvalue weighted by atomic mass is 16.7. The van der Waals surface area contributed by atoms with Gasteiger partial charge in [0, 0.05) is 0 Å². The Labute approximate surface area is 473 Å². The SMILES string of the molecule is CCCCCCCCC/C=C/CC/C=C/CC/C=C/CCCC(O)C(O)C(COC1OC(CO)C(O)C(O)C1O)NC(=O)C(O)CCCCCCCCCCCCCCCCCCCCCCCCCCCCCCCC. The molecule has 77 heavy (non-hydrogen) atoms. The van der Waals surface area contributed by atoms with E-state index < -0.39 is 74.2 Å². The fourth-order valence-electron chi connectivity index (χ4n) is 10.6. The average molecular weight is 1090 g/mol. The van der Waals surface area contributed by atoms with Crippen LogP contribution in [0.3, 0.4) is 0 Å². The zero-order chi connectivity index (χ0) is 56.1. The Kier molecular flexibility index (Phi) is 52.3. The van der Waals surface area contributed by atoms with Crippen molar-refractivity contribution < 1.29 is 50.0 Å². The van der Waals surface area contributed by atoms with Crippen molar-refractivity contribution in [3.05, 3.63) is 36.5 Å². The van der Waals surface area contributed by atoms with Crippen LogP contribution in [-0.4, -0.2) is 110 Å². The molecule has 9 unspecified atom stereocenters. The molecular formula is C66H125NO10. The maximum absolute atomic E-state index is 13.2. The summed E-state index contributed by atoms with van der Waals surface area (Å²) in [4.78, 5) is 13.2. The minimum Gasteiger partial charge on any atom is -0.394 e. The van der Waals surface area contributed by atoms with Crippen LogP contribution in [0, 0.1) is 0 Å².